The van der Waals surface area contributed by atoms with E-state index in [-0.39, 0.29) is 12.8 Å². The van der Waals surface area contributed by atoms with Gasteiger partial charge in [-0.2, -0.15) is 22.5 Å². The molecule has 0 saturated heterocycles. The number of pyridine rings is 1. The van der Waals surface area contributed by atoms with Gasteiger partial charge in [-0.25, -0.2) is 4.79 Å². The van der Waals surface area contributed by atoms with E-state index in [2.05, 4.69) is 9.72 Å². The van der Waals surface area contributed by atoms with Crippen LogP contribution in [-0.4, -0.2) is 23.7 Å². The number of carbonyl (C=O) groups excluding carboxylic acids is 1. The fourth-order valence-electron chi connectivity index (χ4n) is 2.23. The molecular weight excluding hydrogens is 282 g/mol. The highest BCUT2D eigenvalue weighted by Crippen LogP contribution is 2.38. The van der Waals surface area contributed by atoms with Gasteiger partial charge < -0.3 is 9.47 Å². The third-order valence-electron chi connectivity index (χ3n) is 3.22. The minimum atomic E-state index is -1.84. The first-order chi connectivity index (χ1) is 9.41. The highest BCUT2D eigenvalue weighted by Gasteiger charge is 2.46. The van der Waals surface area contributed by atoms with E-state index in [0.717, 1.165) is 7.11 Å². The van der Waals surface area contributed by atoms with Gasteiger partial charge in [-0.1, -0.05) is 0 Å². The maximum absolute atomic E-state index is 13.5. The first-order valence-corrected chi connectivity index (χ1v) is 5.88. The lowest BCUT2D eigenvalue weighted by atomic mass is 10.0. The zero-order chi connectivity index (χ0) is 14.9. The first-order valence-electron chi connectivity index (χ1n) is 5.88. The van der Waals surface area contributed by atoms with Crippen molar-refractivity contribution in [1.29, 1.82) is 0 Å². The molecule has 1 heterocycles. The van der Waals surface area contributed by atoms with Gasteiger partial charge in [0.1, 0.15) is 0 Å². The smallest absolute Gasteiger partial charge is 0.350 e. The Balaban J connectivity index is 2.44. The summed E-state index contributed by atoms with van der Waals surface area (Å²) in [5.74, 6) is -9.36. The van der Waals surface area contributed by atoms with Crippen LogP contribution in [0.2, 0.25) is 0 Å². The number of halogens is 4. The van der Waals surface area contributed by atoms with E-state index in [1.54, 1.807) is 0 Å². The zero-order valence-corrected chi connectivity index (χ0v) is 10.5. The molecule has 1 fully saturated rings. The minimum Gasteiger partial charge on any atom is -0.469 e. The van der Waals surface area contributed by atoms with Crippen molar-refractivity contribution < 1.29 is 31.8 Å². The fourth-order valence-corrected chi connectivity index (χ4v) is 2.23. The minimum absolute atomic E-state index is 0.143. The zero-order valence-electron chi connectivity index (χ0n) is 10.5. The molecule has 0 amide bonds. The van der Waals surface area contributed by atoms with Crippen LogP contribution in [0.1, 0.15) is 25.7 Å². The molecule has 0 spiro atoms. The molecule has 0 bridgehead atoms. The van der Waals surface area contributed by atoms with Crippen molar-refractivity contribution in [2.75, 3.05) is 7.11 Å². The van der Waals surface area contributed by atoms with Gasteiger partial charge in [-0.15, -0.1) is 0 Å². The molecule has 0 atom stereocenters. The number of esters is 1. The van der Waals surface area contributed by atoms with Crippen molar-refractivity contribution in [1.82, 2.24) is 4.98 Å². The highest BCUT2D eigenvalue weighted by atomic mass is 19.2. The van der Waals surface area contributed by atoms with E-state index >= 15 is 0 Å². The topological polar surface area (TPSA) is 48.4 Å². The predicted molar refractivity (Wildman–Crippen MR) is 57.9 cm³/mol. The highest BCUT2D eigenvalue weighted by molar-refractivity contribution is 5.80. The summed E-state index contributed by atoms with van der Waals surface area (Å²) in [6, 6.07) is 0. The van der Waals surface area contributed by atoms with Crippen LogP contribution in [0.5, 0.6) is 5.75 Å². The Bertz CT molecular complexity index is 518. The van der Waals surface area contributed by atoms with Crippen molar-refractivity contribution in [2.45, 2.75) is 31.3 Å². The Kier molecular flexibility index (Phi) is 3.82. The monoisotopic (exact) mass is 293 g/mol. The molecule has 1 aromatic heterocycles. The quantitative estimate of drug-likeness (QED) is 0.488. The van der Waals surface area contributed by atoms with Crippen LogP contribution in [0, 0.1) is 23.5 Å². The summed E-state index contributed by atoms with van der Waals surface area (Å²) in [7, 11) is 1.09. The molecule has 4 nitrogen and oxygen atoms in total. The third-order valence-corrected chi connectivity index (χ3v) is 3.22. The molecule has 0 unspecified atom stereocenters. The fraction of sp³-hybridized carbons (Fsp3) is 0.500. The molecule has 1 aliphatic rings. The van der Waals surface area contributed by atoms with Crippen LogP contribution in [-0.2, 0) is 9.53 Å². The number of ether oxygens (including phenoxy) is 2. The molecule has 110 valence electrons. The molecule has 8 heteroatoms. The Morgan fingerprint density at radius 3 is 2.05 bits per heavy atom. The second-order valence-electron chi connectivity index (χ2n) is 4.45. The molecule has 1 saturated carbocycles. The van der Waals surface area contributed by atoms with Crippen molar-refractivity contribution in [3.63, 3.8) is 0 Å². The standard InChI is InChI=1S/C12H11F4NO3/c1-19-11(18)12(4-2-3-5-12)20-8-6(13)9(15)17-10(16)7(8)14/h2-5H2,1H3. The van der Waals surface area contributed by atoms with E-state index < -0.39 is 40.8 Å². The lowest BCUT2D eigenvalue weighted by Crippen LogP contribution is -2.43. The molecule has 0 aliphatic heterocycles. The maximum atomic E-state index is 13.5. The average molecular weight is 293 g/mol. The normalized spacial score (nSPS) is 17.1. The first kappa shape index (κ1) is 14.5. The number of hydrogen-bond acceptors (Lipinski definition) is 4. The van der Waals surface area contributed by atoms with Gasteiger partial charge in [0.2, 0.25) is 23.0 Å². The van der Waals surface area contributed by atoms with Crippen LogP contribution < -0.4 is 4.74 Å². The average Bonchev–Trinajstić information content (AvgIpc) is 2.90. The van der Waals surface area contributed by atoms with Crippen LogP contribution in [0.25, 0.3) is 0 Å². The summed E-state index contributed by atoms with van der Waals surface area (Å²) in [5, 5.41) is 0. The van der Waals surface area contributed by atoms with Crippen LogP contribution in [0.4, 0.5) is 17.6 Å². The number of nitrogens with zero attached hydrogens (tertiary/aromatic N) is 1. The van der Waals surface area contributed by atoms with Crippen LogP contribution in [0.3, 0.4) is 0 Å². The second-order valence-corrected chi connectivity index (χ2v) is 4.45. The molecule has 0 aromatic carbocycles. The van der Waals surface area contributed by atoms with E-state index in [1.165, 1.54) is 0 Å². The Morgan fingerprint density at radius 1 is 1.10 bits per heavy atom. The van der Waals surface area contributed by atoms with Gasteiger partial charge >= 0.3 is 5.97 Å². The molecule has 1 aliphatic carbocycles. The Hall–Kier alpha value is -1.86. The van der Waals surface area contributed by atoms with Crippen molar-refractivity contribution >= 4 is 5.97 Å². The lowest BCUT2D eigenvalue weighted by Gasteiger charge is -2.27. The summed E-state index contributed by atoms with van der Waals surface area (Å²) >= 11 is 0. The van der Waals surface area contributed by atoms with Crippen LogP contribution in [0.15, 0.2) is 0 Å². The summed E-state index contributed by atoms with van der Waals surface area (Å²) in [4.78, 5) is 14.2. The maximum Gasteiger partial charge on any atom is 0.350 e. The SMILES string of the molecule is COC(=O)C1(Oc2c(F)c(F)nc(F)c2F)CCCC1. The largest absolute Gasteiger partial charge is 0.469 e. The molecule has 0 radical (unpaired) electrons. The van der Waals surface area contributed by atoms with E-state index in [0.29, 0.717) is 12.8 Å². The summed E-state index contributed by atoms with van der Waals surface area (Å²) in [6.07, 6.45) is 1.41. The van der Waals surface area contributed by atoms with E-state index in [9.17, 15) is 22.4 Å². The summed E-state index contributed by atoms with van der Waals surface area (Å²) in [6.45, 7) is 0. The molecule has 0 N–H and O–H groups in total. The Labute approximate surface area is 111 Å². The molecule has 20 heavy (non-hydrogen) atoms. The lowest BCUT2D eigenvalue weighted by molar-refractivity contribution is -0.159. The summed E-state index contributed by atoms with van der Waals surface area (Å²) < 4.78 is 62.6. The van der Waals surface area contributed by atoms with Gasteiger partial charge in [0, 0.05) is 0 Å². The number of hydrogen-bond donors (Lipinski definition) is 0. The molecule has 2 rings (SSSR count). The van der Waals surface area contributed by atoms with Gasteiger partial charge in [0.25, 0.3) is 11.9 Å². The molecular formula is C12H11F4NO3. The van der Waals surface area contributed by atoms with Crippen molar-refractivity contribution in [3.8, 4) is 5.75 Å². The van der Waals surface area contributed by atoms with Gasteiger partial charge in [0.15, 0.2) is 0 Å². The molecule has 1 aromatic rings. The Morgan fingerprint density at radius 2 is 1.60 bits per heavy atom. The van der Waals surface area contributed by atoms with E-state index in [4.69, 9.17) is 4.74 Å². The summed E-state index contributed by atoms with van der Waals surface area (Å²) in [5.41, 5.74) is -1.63. The van der Waals surface area contributed by atoms with Crippen LogP contribution >= 0.6 is 0 Å². The van der Waals surface area contributed by atoms with E-state index in [1.807, 2.05) is 0 Å². The van der Waals surface area contributed by atoms with Gasteiger partial charge in [-0.05, 0) is 25.7 Å². The van der Waals surface area contributed by atoms with Crippen molar-refractivity contribution in [3.05, 3.63) is 23.5 Å². The van der Waals surface area contributed by atoms with Gasteiger partial charge in [0.05, 0.1) is 7.11 Å². The number of carbonyl (C=O) groups is 1. The number of rotatable bonds is 3. The second kappa shape index (κ2) is 5.26. The van der Waals surface area contributed by atoms with Gasteiger partial charge in [-0.3, -0.25) is 0 Å². The third kappa shape index (κ3) is 2.30. The number of methoxy groups -OCH3 is 1. The predicted octanol–water partition coefficient (Wildman–Crippen LogP) is 2.50. The van der Waals surface area contributed by atoms with Crippen molar-refractivity contribution in [2.24, 2.45) is 0 Å². The number of aromatic nitrogens is 1.